The lowest BCUT2D eigenvalue weighted by atomic mass is 9.96. The Hall–Kier alpha value is -1.64. The molecule has 1 amide bonds. The first kappa shape index (κ1) is 21.1. The quantitative estimate of drug-likeness (QED) is 0.686. The van der Waals surface area contributed by atoms with E-state index < -0.39 is 10.0 Å². The standard InChI is InChI=1S/C20H30N2O5S/c1-15-12-18(28(24,25)22-16-6-3-2-4-7-16)9-10-19(15)27-14-20(23)21-13-17-8-5-11-26-17/h9-10,12,16-17,22H,2-8,11,13-14H2,1H3,(H,21,23)/t17-/m0/s1. The second-order valence-electron chi connectivity index (χ2n) is 7.61. The van der Waals surface area contributed by atoms with E-state index in [0.29, 0.717) is 17.9 Å². The molecule has 2 N–H and O–H groups in total. The predicted octanol–water partition coefficient (Wildman–Crippen LogP) is 2.28. The maximum atomic E-state index is 12.6. The van der Waals surface area contributed by atoms with Gasteiger partial charge in [0.25, 0.3) is 5.91 Å². The van der Waals surface area contributed by atoms with Crippen LogP contribution in [-0.2, 0) is 19.6 Å². The molecule has 1 saturated heterocycles. The highest BCUT2D eigenvalue weighted by molar-refractivity contribution is 7.89. The largest absolute Gasteiger partial charge is 0.484 e. The molecule has 0 aromatic heterocycles. The zero-order valence-corrected chi connectivity index (χ0v) is 17.2. The third-order valence-electron chi connectivity index (χ3n) is 5.29. The van der Waals surface area contributed by atoms with Crippen LogP contribution >= 0.6 is 0 Å². The number of sulfonamides is 1. The third kappa shape index (κ3) is 5.93. The van der Waals surface area contributed by atoms with Crippen molar-refractivity contribution < 1.29 is 22.7 Å². The maximum Gasteiger partial charge on any atom is 0.258 e. The summed E-state index contributed by atoms with van der Waals surface area (Å²) in [6.07, 6.45) is 7.16. The van der Waals surface area contributed by atoms with Gasteiger partial charge in [-0.2, -0.15) is 0 Å². The van der Waals surface area contributed by atoms with Crippen LogP contribution in [-0.4, -0.2) is 46.2 Å². The minimum absolute atomic E-state index is 0.0162. The molecule has 0 spiro atoms. The zero-order chi connectivity index (χ0) is 20.0. The number of benzene rings is 1. The summed E-state index contributed by atoms with van der Waals surface area (Å²) in [5.41, 5.74) is 0.679. The van der Waals surface area contributed by atoms with Crippen LogP contribution in [0.5, 0.6) is 5.75 Å². The normalized spacial score (nSPS) is 20.8. The molecule has 1 aliphatic heterocycles. The van der Waals surface area contributed by atoms with Crippen molar-refractivity contribution in [1.29, 1.82) is 0 Å². The van der Waals surface area contributed by atoms with Crippen LogP contribution in [0.2, 0.25) is 0 Å². The molecule has 0 radical (unpaired) electrons. The molecule has 0 unspecified atom stereocenters. The van der Waals surface area contributed by atoms with Crippen LogP contribution in [0.25, 0.3) is 0 Å². The van der Waals surface area contributed by atoms with E-state index in [1.807, 2.05) is 0 Å². The van der Waals surface area contributed by atoms with Crippen molar-refractivity contribution in [1.82, 2.24) is 10.0 Å². The highest BCUT2D eigenvalue weighted by atomic mass is 32.2. The Kier molecular flexibility index (Phi) is 7.31. The molecule has 28 heavy (non-hydrogen) atoms. The maximum absolute atomic E-state index is 12.6. The number of nitrogens with one attached hydrogen (secondary N) is 2. The molecule has 2 aliphatic rings. The second kappa shape index (κ2) is 9.71. The number of hydrogen-bond donors (Lipinski definition) is 2. The zero-order valence-electron chi connectivity index (χ0n) is 16.4. The lowest BCUT2D eigenvalue weighted by molar-refractivity contribution is -0.123. The molecule has 156 valence electrons. The van der Waals surface area contributed by atoms with Gasteiger partial charge in [0.2, 0.25) is 10.0 Å². The van der Waals surface area contributed by atoms with Gasteiger partial charge in [-0.3, -0.25) is 4.79 Å². The SMILES string of the molecule is Cc1cc(S(=O)(=O)NC2CCCCC2)ccc1OCC(=O)NC[C@@H]1CCCO1. The molecular formula is C20H30N2O5S. The minimum atomic E-state index is -3.55. The molecule has 0 bridgehead atoms. The van der Waals surface area contributed by atoms with Crippen molar-refractivity contribution in [3.63, 3.8) is 0 Å². The van der Waals surface area contributed by atoms with Crippen molar-refractivity contribution >= 4 is 15.9 Å². The average Bonchev–Trinajstić information content (AvgIpc) is 3.19. The van der Waals surface area contributed by atoms with E-state index >= 15 is 0 Å². The van der Waals surface area contributed by atoms with E-state index in [0.717, 1.165) is 45.1 Å². The van der Waals surface area contributed by atoms with Crippen LogP contribution < -0.4 is 14.8 Å². The first-order valence-corrected chi connectivity index (χ1v) is 11.6. The fourth-order valence-corrected chi connectivity index (χ4v) is 5.08. The Labute approximate surface area is 167 Å². The van der Waals surface area contributed by atoms with Gasteiger partial charge in [-0.1, -0.05) is 19.3 Å². The van der Waals surface area contributed by atoms with E-state index in [1.54, 1.807) is 19.1 Å². The number of rotatable bonds is 8. The number of carbonyl (C=O) groups is 1. The van der Waals surface area contributed by atoms with Crippen LogP contribution in [0.3, 0.4) is 0 Å². The third-order valence-corrected chi connectivity index (χ3v) is 6.81. The summed E-state index contributed by atoms with van der Waals surface area (Å²) in [5, 5.41) is 2.80. The van der Waals surface area contributed by atoms with E-state index in [4.69, 9.17) is 9.47 Å². The van der Waals surface area contributed by atoms with Gasteiger partial charge in [-0.05, 0) is 56.4 Å². The van der Waals surface area contributed by atoms with E-state index in [9.17, 15) is 13.2 Å². The van der Waals surface area contributed by atoms with E-state index in [-0.39, 0.29) is 29.6 Å². The van der Waals surface area contributed by atoms with Gasteiger partial charge in [0.05, 0.1) is 11.0 Å². The highest BCUT2D eigenvalue weighted by Gasteiger charge is 2.22. The van der Waals surface area contributed by atoms with Crippen LogP contribution in [0.4, 0.5) is 0 Å². The highest BCUT2D eigenvalue weighted by Crippen LogP contribution is 2.24. The monoisotopic (exact) mass is 410 g/mol. The fourth-order valence-electron chi connectivity index (χ4n) is 3.69. The minimum Gasteiger partial charge on any atom is -0.484 e. The van der Waals surface area contributed by atoms with Crippen molar-refractivity contribution in [3.05, 3.63) is 23.8 Å². The van der Waals surface area contributed by atoms with Gasteiger partial charge in [-0.25, -0.2) is 13.1 Å². The summed E-state index contributed by atoms with van der Waals surface area (Å²) < 4.78 is 39.1. The Morgan fingerprint density at radius 3 is 2.64 bits per heavy atom. The number of amides is 1. The van der Waals surface area contributed by atoms with Crippen molar-refractivity contribution in [2.24, 2.45) is 0 Å². The van der Waals surface area contributed by atoms with Gasteiger partial charge in [-0.15, -0.1) is 0 Å². The number of carbonyl (C=O) groups excluding carboxylic acids is 1. The molecule has 7 nitrogen and oxygen atoms in total. The number of aryl methyl sites for hydroxylation is 1. The Morgan fingerprint density at radius 1 is 1.18 bits per heavy atom. The van der Waals surface area contributed by atoms with Crippen LogP contribution in [0.1, 0.15) is 50.5 Å². The second-order valence-corrected chi connectivity index (χ2v) is 9.33. The summed E-state index contributed by atoms with van der Waals surface area (Å²) in [4.78, 5) is 12.2. The predicted molar refractivity (Wildman–Crippen MR) is 106 cm³/mol. The topological polar surface area (TPSA) is 93.7 Å². The molecule has 1 aromatic rings. The van der Waals surface area contributed by atoms with Crippen molar-refractivity contribution in [2.75, 3.05) is 19.8 Å². The molecule has 3 rings (SSSR count). The van der Waals surface area contributed by atoms with Gasteiger partial charge in [0.15, 0.2) is 6.61 Å². The van der Waals surface area contributed by atoms with Gasteiger partial charge >= 0.3 is 0 Å². The van der Waals surface area contributed by atoms with Crippen molar-refractivity contribution in [3.8, 4) is 5.75 Å². The summed E-state index contributed by atoms with van der Waals surface area (Å²) >= 11 is 0. The molecule has 1 saturated carbocycles. The fraction of sp³-hybridized carbons (Fsp3) is 0.650. The molecule has 1 heterocycles. The summed E-state index contributed by atoms with van der Waals surface area (Å²) in [6, 6.07) is 4.74. The van der Waals surface area contributed by atoms with Crippen molar-refractivity contribution in [2.45, 2.75) is 68.9 Å². The lowest BCUT2D eigenvalue weighted by Crippen LogP contribution is -2.36. The molecular weight excluding hydrogens is 380 g/mol. The molecule has 2 fully saturated rings. The van der Waals surface area contributed by atoms with Gasteiger partial charge in [0.1, 0.15) is 5.75 Å². The van der Waals surface area contributed by atoms with E-state index in [2.05, 4.69) is 10.0 Å². The Balaban J connectivity index is 1.52. The Bertz CT molecular complexity index is 769. The first-order chi connectivity index (χ1) is 13.4. The molecule has 8 heteroatoms. The smallest absolute Gasteiger partial charge is 0.258 e. The first-order valence-electron chi connectivity index (χ1n) is 10.1. The van der Waals surface area contributed by atoms with Gasteiger partial charge in [0, 0.05) is 19.2 Å². The molecule has 1 atom stereocenters. The number of hydrogen-bond acceptors (Lipinski definition) is 5. The average molecular weight is 411 g/mol. The number of ether oxygens (including phenoxy) is 2. The van der Waals surface area contributed by atoms with Gasteiger partial charge < -0.3 is 14.8 Å². The van der Waals surface area contributed by atoms with E-state index in [1.165, 1.54) is 12.5 Å². The van der Waals surface area contributed by atoms with Crippen LogP contribution in [0, 0.1) is 6.92 Å². The Morgan fingerprint density at radius 2 is 1.96 bits per heavy atom. The summed E-state index contributed by atoms with van der Waals surface area (Å²) in [6.45, 7) is 2.91. The lowest BCUT2D eigenvalue weighted by Gasteiger charge is -2.22. The van der Waals surface area contributed by atoms with Crippen LogP contribution in [0.15, 0.2) is 23.1 Å². The molecule has 1 aromatic carbocycles. The summed E-state index contributed by atoms with van der Waals surface area (Å²) in [5.74, 6) is 0.287. The summed E-state index contributed by atoms with van der Waals surface area (Å²) in [7, 11) is -3.55. The molecule has 1 aliphatic carbocycles.